The molecular weight excluding hydrogens is 358 g/mol. The smallest absolute Gasteiger partial charge is 0.410 e. The molecule has 2 aromatic rings. The van der Waals surface area contributed by atoms with E-state index in [-0.39, 0.29) is 12.1 Å². The first kappa shape index (κ1) is 19.6. The van der Waals surface area contributed by atoms with Gasteiger partial charge >= 0.3 is 6.09 Å². The standard InChI is InChI=1S/C19H25N7O2/c1-13-11-25(7-8-26(13)18(27)28-19(2,3)4)17-21-10-15(20-5)16(23-17)14-9-22-24(6)12-14/h9-10,12-13H,7-8,11H2,1-4,6H3/t13-/m1/s1. The molecule has 1 atom stereocenters. The Morgan fingerprint density at radius 2 is 2.07 bits per heavy atom. The first-order valence-electron chi connectivity index (χ1n) is 9.16. The third kappa shape index (κ3) is 4.22. The van der Waals surface area contributed by atoms with Crippen LogP contribution >= 0.6 is 0 Å². The number of aromatic nitrogens is 4. The van der Waals surface area contributed by atoms with Gasteiger partial charge < -0.3 is 14.5 Å². The maximum absolute atomic E-state index is 12.4. The normalized spacial score (nSPS) is 17.4. The first-order chi connectivity index (χ1) is 13.2. The molecule has 9 heteroatoms. The number of amides is 1. The molecule has 0 radical (unpaired) electrons. The van der Waals surface area contributed by atoms with Crippen molar-refractivity contribution < 1.29 is 9.53 Å². The van der Waals surface area contributed by atoms with Crippen molar-refractivity contribution in [3.05, 3.63) is 30.0 Å². The lowest BCUT2D eigenvalue weighted by Crippen LogP contribution is -2.55. The molecular formula is C19H25N7O2. The number of piperazine rings is 1. The molecule has 1 saturated heterocycles. The Morgan fingerprint density at radius 1 is 1.32 bits per heavy atom. The zero-order chi connectivity index (χ0) is 20.5. The van der Waals surface area contributed by atoms with Crippen LogP contribution in [0.5, 0.6) is 0 Å². The van der Waals surface area contributed by atoms with Gasteiger partial charge in [-0.15, -0.1) is 0 Å². The monoisotopic (exact) mass is 383 g/mol. The predicted molar refractivity (Wildman–Crippen MR) is 105 cm³/mol. The lowest BCUT2D eigenvalue weighted by atomic mass is 10.2. The Kier molecular flexibility index (Phi) is 5.23. The molecule has 1 aliphatic heterocycles. The highest BCUT2D eigenvalue weighted by Gasteiger charge is 2.32. The number of hydrogen-bond acceptors (Lipinski definition) is 6. The van der Waals surface area contributed by atoms with E-state index in [1.807, 2.05) is 45.8 Å². The maximum Gasteiger partial charge on any atom is 0.410 e. The van der Waals surface area contributed by atoms with Crippen LogP contribution in [0.4, 0.5) is 16.4 Å². The second-order valence-corrected chi connectivity index (χ2v) is 7.89. The number of anilines is 1. The molecule has 0 aliphatic carbocycles. The molecule has 1 amide bonds. The Balaban J connectivity index is 1.79. The summed E-state index contributed by atoms with van der Waals surface area (Å²) >= 11 is 0. The van der Waals surface area contributed by atoms with Gasteiger partial charge in [0.25, 0.3) is 0 Å². The van der Waals surface area contributed by atoms with E-state index in [2.05, 4.69) is 19.9 Å². The number of ether oxygens (including phenoxy) is 1. The summed E-state index contributed by atoms with van der Waals surface area (Å²) in [6.07, 6.45) is 4.75. The van der Waals surface area contributed by atoms with Crippen molar-refractivity contribution >= 4 is 17.7 Å². The van der Waals surface area contributed by atoms with Crippen molar-refractivity contribution in [2.45, 2.75) is 39.3 Å². The van der Waals surface area contributed by atoms with E-state index in [1.54, 1.807) is 22.0 Å². The molecule has 2 aromatic heterocycles. The minimum absolute atomic E-state index is 0.0467. The van der Waals surface area contributed by atoms with Crippen LogP contribution in [0.1, 0.15) is 27.7 Å². The topological polar surface area (TPSA) is 80.7 Å². The molecule has 3 rings (SSSR count). The Bertz CT molecular complexity index is 910. The van der Waals surface area contributed by atoms with Crippen molar-refractivity contribution in [2.75, 3.05) is 24.5 Å². The number of nitrogens with zero attached hydrogens (tertiary/aromatic N) is 7. The van der Waals surface area contributed by atoms with Gasteiger partial charge in [-0.3, -0.25) is 4.68 Å². The summed E-state index contributed by atoms with van der Waals surface area (Å²) in [6, 6.07) is -0.0467. The summed E-state index contributed by atoms with van der Waals surface area (Å²) < 4.78 is 7.17. The highest BCUT2D eigenvalue weighted by atomic mass is 16.6. The molecule has 0 spiro atoms. The van der Waals surface area contributed by atoms with Crippen LogP contribution in [-0.4, -0.2) is 62.0 Å². The predicted octanol–water partition coefficient (Wildman–Crippen LogP) is 2.87. The summed E-state index contributed by atoms with van der Waals surface area (Å²) in [5.74, 6) is 0.543. The van der Waals surface area contributed by atoms with Gasteiger partial charge in [0.1, 0.15) is 5.60 Å². The van der Waals surface area contributed by atoms with Crippen molar-refractivity contribution in [3.63, 3.8) is 0 Å². The molecule has 148 valence electrons. The average Bonchev–Trinajstić information content (AvgIpc) is 3.05. The van der Waals surface area contributed by atoms with Crippen LogP contribution in [0, 0.1) is 6.57 Å². The molecule has 1 aliphatic rings. The van der Waals surface area contributed by atoms with Gasteiger partial charge in [0.2, 0.25) is 11.6 Å². The second-order valence-electron chi connectivity index (χ2n) is 7.89. The highest BCUT2D eigenvalue weighted by Crippen LogP contribution is 2.29. The van der Waals surface area contributed by atoms with E-state index in [0.29, 0.717) is 37.0 Å². The molecule has 28 heavy (non-hydrogen) atoms. The lowest BCUT2D eigenvalue weighted by Gasteiger charge is -2.40. The minimum atomic E-state index is -0.523. The van der Waals surface area contributed by atoms with Gasteiger partial charge in [-0.1, -0.05) is 0 Å². The van der Waals surface area contributed by atoms with E-state index in [1.165, 1.54) is 0 Å². The molecule has 0 aromatic carbocycles. The van der Waals surface area contributed by atoms with Crippen LogP contribution in [0.2, 0.25) is 0 Å². The number of aryl methyl sites for hydroxylation is 1. The van der Waals surface area contributed by atoms with Gasteiger partial charge in [0.05, 0.1) is 18.5 Å². The third-order valence-electron chi connectivity index (χ3n) is 4.39. The summed E-state index contributed by atoms with van der Waals surface area (Å²) in [5.41, 5.74) is 1.20. The minimum Gasteiger partial charge on any atom is -0.444 e. The van der Waals surface area contributed by atoms with Crippen LogP contribution in [0.25, 0.3) is 16.1 Å². The van der Waals surface area contributed by atoms with Crippen molar-refractivity contribution in [1.29, 1.82) is 0 Å². The molecule has 0 bridgehead atoms. The molecule has 3 heterocycles. The van der Waals surface area contributed by atoms with Gasteiger partial charge in [-0.2, -0.15) is 5.10 Å². The van der Waals surface area contributed by atoms with Crippen LogP contribution < -0.4 is 4.90 Å². The van der Waals surface area contributed by atoms with Crippen LogP contribution in [-0.2, 0) is 11.8 Å². The fourth-order valence-corrected chi connectivity index (χ4v) is 3.09. The van der Waals surface area contributed by atoms with Gasteiger partial charge in [0, 0.05) is 50.7 Å². The van der Waals surface area contributed by atoms with Gasteiger partial charge in [-0.05, 0) is 27.7 Å². The highest BCUT2D eigenvalue weighted by molar-refractivity contribution is 5.74. The average molecular weight is 383 g/mol. The summed E-state index contributed by atoms with van der Waals surface area (Å²) in [6.45, 7) is 16.6. The quantitative estimate of drug-likeness (QED) is 0.742. The maximum atomic E-state index is 12.4. The molecule has 0 saturated carbocycles. The zero-order valence-electron chi connectivity index (χ0n) is 16.9. The summed E-state index contributed by atoms with van der Waals surface area (Å²) in [4.78, 5) is 28.7. The number of hydrogen-bond donors (Lipinski definition) is 0. The van der Waals surface area contributed by atoms with E-state index < -0.39 is 5.60 Å². The Labute approximate surface area is 164 Å². The van der Waals surface area contributed by atoms with Gasteiger partial charge in [0.15, 0.2) is 0 Å². The third-order valence-corrected chi connectivity index (χ3v) is 4.39. The number of carbonyl (C=O) groups excluding carboxylic acids is 1. The van der Waals surface area contributed by atoms with E-state index in [9.17, 15) is 4.79 Å². The largest absolute Gasteiger partial charge is 0.444 e. The SMILES string of the molecule is [C-]#[N+]c1cnc(N2CCN(C(=O)OC(C)(C)C)[C@H](C)C2)nc1-c1cnn(C)c1. The van der Waals surface area contributed by atoms with Crippen LogP contribution in [0.3, 0.4) is 0 Å². The Hall–Kier alpha value is -3.15. The first-order valence-corrected chi connectivity index (χ1v) is 9.16. The van der Waals surface area contributed by atoms with E-state index in [4.69, 9.17) is 11.3 Å². The fraction of sp³-hybridized carbons (Fsp3) is 0.526. The molecule has 9 nitrogen and oxygen atoms in total. The molecule has 0 N–H and O–H groups in total. The number of carbonyl (C=O) groups is 1. The van der Waals surface area contributed by atoms with Crippen molar-refractivity contribution in [2.24, 2.45) is 7.05 Å². The number of rotatable bonds is 2. The zero-order valence-corrected chi connectivity index (χ0v) is 16.9. The molecule has 1 fully saturated rings. The Morgan fingerprint density at radius 3 is 2.64 bits per heavy atom. The van der Waals surface area contributed by atoms with Crippen LogP contribution in [0.15, 0.2) is 18.6 Å². The van der Waals surface area contributed by atoms with E-state index in [0.717, 1.165) is 5.56 Å². The van der Waals surface area contributed by atoms with Crippen molar-refractivity contribution in [3.8, 4) is 11.3 Å². The molecule has 0 unspecified atom stereocenters. The second kappa shape index (κ2) is 7.46. The van der Waals surface area contributed by atoms with Gasteiger partial charge in [-0.25, -0.2) is 19.6 Å². The van der Waals surface area contributed by atoms with E-state index >= 15 is 0 Å². The summed E-state index contributed by atoms with van der Waals surface area (Å²) in [5, 5.41) is 4.16. The fourth-order valence-electron chi connectivity index (χ4n) is 3.09. The lowest BCUT2D eigenvalue weighted by molar-refractivity contribution is 0.0158. The van der Waals surface area contributed by atoms with Crippen molar-refractivity contribution in [1.82, 2.24) is 24.6 Å². The summed E-state index contributed by atoms with van der Waals surface area (Å²) in [7, 11) is 1.82.